The molecule has 2 aliphatic heterocycles. The number of aryl methyl sites for hydroxylation is 1. The monoisotopic (exact) mass is 352 g/mol. The number of hydrogen-bond acceptors (Lipinski definition) is 3. The highest BCUT2D eigenvalue weighted by atomic mass is 16.2. The zero-order chi connectivity index (χ0) is 18.1. The first-order valence-corrected chi connectivity index (χ1v) is 9.28. The van der Waals surface area contributed by atoms with Crippen molar-refractivity contribution in [3.63, 3.8) is 0 Å². The maximum absolute atomic E-state index is 12.9. The van der Waals surface area contributed by atoms with Gasteiger partial charge >= 0.3 is 0 Å². The van der Waals surface area contributed by atoms with E-state index in [2.05, 4.69) is 17.2 Å². The summed E-state index contributed by atoms with van der Waals surface area (Å²) in [6.45, 7) is 5.43. The molecule has 6 heteroatoms. The molecular weight excluding hydrogens is 328 g/mol. The molecule has 136 valence electrons. The van der Waals surface area contributed by atoms with Gasteiger partial charge in [0.15, 0.2) is 0 Å². The van der Waals surface area contributed by atoms with Crippen LogP contribution in [0.15, 0.2) is 42.6 Å². The lowest BCUT2D eigenvalue weighted by atomic mass is 9.88. The van der Waals surface area contributed by atoms with Crippen LogP contribution in [-0.4, -0.2) is 51.0 Å². The van der Waals surface area contributed by atoms with E-state index >= 15 is 0 Å². The zero-order valence-corrected chi connectivity index (χ0v) is 15.0. The van der Waals surface area contributed by atoms with Gasteiger partial charge in [0.2, 0.25) is 5.91 Å². The Labute approximate surface area is 153 Å². The smallest absolute Gasteiger partial charge is 0.272 e. The highest BCUT2D eigenvalue weighted by Gasteiger charge is 2.42. The lowest BCUT2D eigenvalue weighted by Crippen LogP contribution is -2.43. The molecule has 2 aliphatic rings. The van der Waals surface area contributed by atoms with Crippen LogP contribution in [0.4, 0.5) is 0 Å². The van der Waals surface area contributed by atoms with Crippen molar-refractivity contribution in [3.8, 4) is 0 Å². The van der Waals surface area contributed by atoms with Gasteiger partial charge in [0.25, 0.3) is 5.91 Å². The third-order valence-electron chi connectivity index (χ3n) is 5.56. The SMILES string of the molecule is CCn1nccc1C(=O)N1C[C@H]2CN(Cc3ccccc3)C(=O)C[C@H]2C1. The second-order valence-electron chi connectivity index (χ2n) is 7.23. The van der Waals surface area contributed by atoms with E-state index in [4.69, 9.17) is 0 Å². The summed E-state index contributed by atoms with van der Waals surface area (Å²) >= 11 is 0. The molecule has 1 aromatic carbocycles. The van der Waals surface area contributed by atoms with Gasteiger partial charge in [-0.3, -0.25) is 14.3 Å². The number of rotatable bonds is 4. The first-order chi connectivity index (χ1) is 12.7. The minimum atomic E-state index is 0.0285. The summed E-state index contributed by atoms with van der Waals surface area (Å²) in [5, 5.41) is 4.20. The zero-order valence-electron chi connectivity index (χ0n) is 15.0. The highest BCUT2D eigenvalue weighted by molar-refractivity contribution is 5.93. The lowest BCUT2D eigenvalue weighted by molar-refractivity contribution is -0.136. The Kier molecular flexibility index (Phi) is 4.49. The average molecular weight is 352 g/mol. The quantitative estimate of drug-likeness (QED) is 0.846. The number of fused-ring (bicyclic) bond motifs is 1. The molecule has 2 atom stereocenters. The normalized spacial score (nSPS) is 22.6. The van der Waals surface area contributed by atoms with Crippen molar-refractivity contribution in [1.29, 1.82) is 0 Å². The van der Waals surface area contributed by atoms with Crippen molar-refractivity contribution in [2.45, 2.75) is 26.4 Å². The van der Waals surface area contributed by atoms with Gasteiger partial charge in [0, 0.05) is 45.3 Å². The van der Waals surface area contributed by atoms with E-state index in [9.17, 15) is 9.59 Å². The molecule has 0 radical (unpaired) electrons. The summed E-state index contributed by atoms with van der Waals surface area (Å²) in [4.78, 5) is 29.3. The van der Waals surface area contributed by atoms with Gasteiger partial charge in [-0.05, 0) is 30.4 Å². The van der Waals surface area contributed by atoms with E-state index < -0.39 is 0 Å². The van der Waals surface area contributed by atoms with Crippen LogP contribution in [0, 0.1) is 11.8 Å². The van der Waals surface area contributed by atoms with Crippen molar-refractivity contribution in [1.82, 2.24) is 19.6 Å². The number of piperidine rings is 1. The first-order valence-electron chi connectivity index (χ1n) is 9.28. The Morgan fingerprint density at radius 1 is 1.12 bits per heavy atom. The van der Waals surface area contributed by atoms with Crippen LogP contribution in [0.25, 0.3) is 0 Å². The molecule has 2 fully saturated rings. The summed E-state index contributed by atoms with van der Waals surface area (Å²) in [5.74, 6) is 0.860. The molecular formula is C20H24N4O2. The van der Waals surface area contributed by atoms with Gasteiger partial charge in [0.05, 0.1) is 0 Å². The molecule has 0 aliphatic carbocycles. The molecule has 2 amide bonds. The number of carbonyl (C=O) groups excluding carboxylic acids is 2. The molecule has 2 aromatic rings. The second kappa shape index (κ2) is 6.94. The van der Waals surface area contributed by atoms with E-state index in [0.717, 1.165) is 18.7 Å². The van der Waals surface area contributed by atoms with Crippen LogP contribution in [0.3, 0.4) is 0 Å². The summed E-state index contributed by atoms with van der Waals surface area (Å²) in [6.07, 6.45) is 2.21. The molecule has 2 saturated heterocycles. The number of aromatic nitrogens is 2. The van der Waals surface area contributed by atoms with Crippen molar-refractivity contribution < 1.29 is 9.59 Å². The first kappa shape index (κ1) is 16.8. The molecule has 0 saturated carbocycles. The van der Waals surface area contributed by atoms with Crippen LogP contribution in [-0.2, 0) is 17.9 Å². The number of nitrogens with zero attached hydrogens (tertiary/aromatic N) is 4. The van der Waals surface area contributed by atoms with Crippen LogP contribution >= 0.6 is 0 Å². The fourth-order valence-electron chi connectivity index (χ4n) is 4.17. The maximum Gasteiger partial charge on any atom is 0.272 e. The number of likely N-dealkylation sites (tertiary alicyclic amines) is 2. The molecule has 3 heterocycles. The molecule has 6 nitrogen and oxygen atoms in total. The average Bonchev–Trinajstić information content (AvgIpc) is 3.28. The number of carbonyl (C=O) groups is 2. The number of benzene rings is 1. The van der Waals surface area contributed by atoms with Gasteiger partial charge in [0.1, 0.15) is 5.69 Å². The highest BCUT2D eigenvalue weighted by Crippen LogP contribution is 2.33. The Morgan fingerprint density at radius 3 is 2.65 bits per heavy atom. The van der Waals surface area contributed by atoms with Crippen molar-refractivity contribution in [2.75, 3.05) is 19.6 Å². The van der Waals surface area contributed by atoms with E-state index in [1.165, 1.54) is 0 Å². The van der Waals surface area contributed by atoms with Gasteiger partial charge in [-0.2, -0.15) is 5.10 Å². The largest absolute Gasteiger partial charge is 0.338 e. The standard InChI is InChI=1S/C20H24N4O2/c1-2-24-18(8-9-21-24)20(26)23-12-16-10-19(25)22(13-17(16)14-23)11-15-6-4-3-5-7-15/h3-9,16-17H,2,10-14H2,1H3/t16-,17+/m0/s1. The third kappa shape index (κ3) is 3.11. The Morgan fingerprint density at radius 2 is 1.88 bits per heavy atom. The Balaban J connectivity index is 1.44. The summed E-state index contributed by atoms with van der Waals surface area (Å²) < 4.78 is 1.73. The van der Waals surface area contributed by atoms with E-state index in [1.807, 2.05) is 34.9 Å². The number of amides is 2. The van der Waals surface area contributed by atoms with Gasteiger partial charge < -0.3 is 9.80 Å². The topological polar surface area (TPSA) is 58.4 Å². The molecule has 1 aromatic heterocycles. The lowest BCUT2D eigenvalue weighted by Gasteiger charge is -2.34. The number of hydrogen-bond donors (Lipinski definition) is 0. The molecule has 0 N–H and O–H groups in total. The van der Waals surface area contributed by atoms with E-state index in [1.54, 1.807) is 16.9 Å². The summed E-state index contributed by atoms with van der Waals surface area (Å²) in [6, 6.07) is 11.9. The van der Waals surface area contributed by atoms with E-state index in [0.29, 0.717) is 37.7 Å². The minimum absolute atomic E-state index is 0.0285. The summed E-state index contributed by atoms with van der Waals surface area (Å²) in [7, 11) is 0. The molecule has 0 unspecified atom stereocenters. The maximum atomic E-state index is 12.9. The Bertz CT molecular complexity index is 801. The predicted octanol–water partition coefficient (Wildman–Crippen LogP) is 2.02. The molecule has 4 rings (SSSR count). The fraction of sp³-hybridized carbons (Fsp3) is 0.450. The van der Waals surface area contributed by atoms with Crippen LogP contribution in [0.5, 0.6) is 0 Å². The molecule has 0 spiro atoms. The summed E-state index contributed by atoms with van der Waals surface area (Å²) in [5.41, 5.74) is 1.79. The third-order valence-corrected chi connectivity index (χ3v) is 5.56. The minimum Gasteiger partial charge on any atom is -0.338 e. The van der Waals surface area contributed by atoms with Gasteiger partial charge in [-0.15, -0.1) is 0 Å². The van der Waals surface area contributed by atoms with E-state index in [-0.39, 0.29) is 17.7 Å². The van der Waals surface area contributed by atoms with Gasteiger partial charge in [-0.1, -0.05) is 30.3 Å². The van der Waals surface area contributed by atoms with Crippen LogP contribution < -0.4 is 0 Å². The second-order valence-corrected chi connectivity index (χ2v) is 7.23. The van der Waals surface area contributed by atoms with Crippen molar-refractivity contribution >= 4 is 11.8 Å². The fourth-order valence-corrected chi connectivity index (χ4v) is 4.17. The van der Waals surface area contributed by atoms with Crippen molar-refractivity contribution in [2.24, 2.45) is 11.8 Å². The molecule has 26 heavy (non-hydrogen) atoms. The van der Waals surface area contributed by atoms with Crippen LogP contribution in [0.2, 0.25) is 0 Å². The van der Waals surface area contributed by atoms with Crippen molar-refractivity contribution in [3.05, 3.63) is 53.9 Å². The molecule has 0 bridgehead atoms. The predicted molar refractivity (Wildman–Crippen MR) is 97.3 cm³/mol. The van der Waals surface area contributed by atoms with Crippen LogP contribution in [0.1, 0.15) is 29.4 Å². The van der Waals surface area contributed by atoms with Gasteiger partial charge in [-0.25, -0.2) is 0 Å². The Hall–Kier alpha value is -2.63.